The van der Waals surface area contributed by atoms with Gasteiger partial charge in [-0.15, -0.1) is 0 Å². The van der Waals surface area contributed by atoms with E-state index >= 15 is 0 Å². The van der Waals surface area contributed by atoms with E-state index in [-0.39, 0.29) is 18.5 Å². The highest BCUT2D eigenvalue weighted by atomic mass is 16.2. The highest BCUT2D eigenvalue weighted by molar-refractivity contribution is 5.96. The van der Waals surface area contributed by atoms with Crippen LogP contribution >= 0.6 is 0 Å². The summed E-state index contributed by atoms with van der Waals surface area (Å²) in [6.45, 7) is 3.85. The summed E-state index contributed by atoms with van der Waals surface area (Å²) >= 11 is 0. The first-order chi connectivity index (χ1) is 12.0. The average Bonchev–Trinajstić information content (AvgIpc) is 2.97. The van der Waals surface area contributed by atoms with Gasteiger partial charge < -0.3 is 9.80 Å². The van der Waals surface area contributed by atoms with Crippen molar-refractivity contribution in [2.45, 2.75) is 13.5 Å². The first-order valence-corrected chi connectivity index (χ1v) is 8.45. The Morgan fingerprint density at radius 3 is 2.40 bits per heavy atom. The summed E-state index contributed by atoms with van der Waals surface area (Å²) in [7, 11) is 1.77. The maximum atomic E-state index is 12.6. The summed E-state index contributed by atoms with van der Waals surface area (Å²) in [6, 6.07) is 17.6. The molecular weight excluding hydrogens is 314 g/mol. The Kier molecular flexibility index (Phi) is 5.03. The Morgan fingerprint density at radius 1 is 1.04 bits per heavy atom. The van der Waals surface area contributed by atoms with Crippen LogP contribution in [0.1, 0.15) is 11.1 Å². The number of aryl methyl sites for hydroxylation is 1. The van der Waals surface area contributed by atoms with Crippen molar-refractivity contribution in [1.29, 1.82) is 0 Å². The molecule has 0 atom stereocenters. The van der Waals surface area contributed by atoms with Crippen molar-refractivity contribution in [2.24, 2.45) is 0 Å². The Morgan fingerprint density at radius 2 is 1.72 bits per heavy atom. The quantitative estimate of drug-likeness (QED) is 0.842. The lowest BCUT2D eigenvalue weighted by Gasteiger charge is -2.22. The molecule has 1 fully saturated rings. The fraction of sp³-hybridized carbons (Fsp3) is 0.300. The minimum absolute atomic E-state index is 0.0528. The molecule has 0 saturated carbocycles. The average molecular weight is 337 g/mol. The van der Waals surface area contributed by atoms with Gasteiger partial charge in [-0.05, 0) is 24.6 Å². The van der Waals surface area contributed by atoms with E-state index in [1.807, 2.05) is 61.5 Å². The number of amides is 3. The van der Waals surface area contributed by atoms with Gasteiger partial charge in [-0.3, -0.25) is 9.69 Å². The summed E-state index contributed by atoms with van der Waals surface area (Å²) in [6.07, 6.45) is 0. The van der Waals surface area contributed by atoms with Gasteiger partial charge in [0.1, 0.15) is 6.54 Å². The van der Waals surface area contributed by atoms with E-state index in [2.05, 4.69) is 0 Å². The molecule has 1 heterocycles. The molecule has 5 heteroatoms. The van der Waals surface area contributed by atoms with Crippen LogP contribution in [0.5, 0.6) is 0 Å². The molecule has 130 valence electrons. The standard InChI is InChI=1S/C20H23N3O2/c1-16-8-10-18(11-9-16)23-13-12-22(20(23)25)15-19(24)21(2)14-17-6-4-3-5-7-17/h3-11H,12-15H2,1-2H3. The number of hydrogen-bond acceptors (Lipinski definition) is 2. The summed E-state index contributed by atoms with van der Waals surface area (Å²) in [5.74, 6) is -0.0528. The molecular formula is C20H23N3O2. The zero-order chi connectivity index (χ0) is 17.8. The van der Waals surface area contributed by atoms with E-state index in [0.29, 0.717) is 19.6 Å². The van der Waals surface area contributed by atoms with Crippen molar-refractivity contribution in [1.82, 2.24) is 9.80 Å². The summed E-state index contributed by atoms with van der Waals surface area (Å²) in [4.78, 5) is 30.0. The number of rotatable bonds is 5. The lowest BCUT2D eigenvalue weighted by Crippen LogP contribution is -2.40. The molecule has 1 saturated heterocycles. The third-order valence-electron chi connectivity index (χ3n) is 4.46. The Bertz CT molecular complexity index is 743. The topological polar surface area (TPSA) is 43.9 Å². The van der Waals surface area contributed by atoms with Crippen molar-refractivity contribution in [3.05, 3.63) is 65.7 Å². The minimum atomic E-state index is -0.106. The van der Waals surface area contributed by atoms with Gasteiger partial charge >= 0.3 is 6.03 Å². The fourth-order valence-corrected chi connectivity index (χ4v) is 2.92. The zero-order valence-electron chi connectivity index (χ0n) is 14.7. The number of likely N-dealkylation sites (N-methyl/N-ethyl adjacent to an activating group) is 1. The van der Waals surface area contributed by atoms with Gasteiger partial charge in [-0.2, -0.15) is 0 Å². The monoisotopic (exact) mass is 337 g/mol. The predicted octanol–water partition coefficient (Wildman–Crippen LogP) is 2.90. The Balaban J connectivity index is 1.58. The molecule has 0 spiro atoms. The molecule has 2 aromatic rings. The van der Waals surface area contributed by atoms with Gasteiger partial charge in [0.05, 0.1) is 0 Å². The van der Waals surface area contributed by atoms with Crippen LogP contribution in [0.15, 0.2) is 54.6 Å². The van der Waals surface area contributed by atoms with Gasteiger partial charge in [0, 0.05) is 32.4 Å². The number of nitrogens with zero attached hydrogens (tertiary/aromatic N) is 3. The van der Waals surface area contributed by atoms with Gasteiger partial charge in [0.15, 0.2) is 0 Å². The third kappa shape index (κ3) is 3.99. The lowest BCUT2D eigenvalue weighted by molar-refractivity contribution is -0.130. The number of anilines is 1. The van der Waals surface area contributed by atoms with Crippen molar-refractivity contribution in [2.75, 3.05) is 31.6 Å². The van der Waals surface area contributed by atoms with E-state index in [9.17, 15) is 9.59 Å². The van der Waals surface area contributed by atoms with Crippen LogP contribution in [-0.4, -0.2) is 48.4 Å². The maximum absolute atomic E-state index is 12.6. The molecule has 3 amide bonds. The summed E-state index contributed by atoms with van der Waals surface area (Å²) in [5.41, 5.74) is 3.11. The van der Waals surface area contributed by atoms with Gasteiger partial charge in [-0.1, -0.05) is 48.0 Å². The molecule has 3 rings (SSSR count). The summed E-state index contributed by atoms with van der Waals surface area (Å²) in [5, 5.41) is 0. The predicted molar refractivity (Wildman–Crippen MR) is 98.4 cm³/mol. The van der Waals surface area contributed by atoms with E-state index in [1.165, 1.54) is 0 Å². The second-order valence-corrected chi connectivity index (χ2v) is 6.43. The Labute approximate surface area is 148 Å². The van der Waals surface area contributed by atoms with Gasteiger partial charge in [0.2, 0.25) is 5.91 Å². The zero-order valence-corrected chi connectivity index (χ0v) is 14.7. The SMILES string of the molecule is Cc1ccc(N2CCN(CC(=O)N(C)Cc3ccccc3)C2=O)cc1. The van der Waals surface area contributed by atoms with Crippen LogP contribution in [0.2, 0.25) is 0 Å². The number of benzene rings is 2. The highest BCUT2D eigenvalue weighted by Gasteiger charge is 2.31. The lowest BCUT2D eigenvalue weighted by atomic mass is 10.2. The van der Waals surface area contributed by atoms with E-state index in [0.717, 1.165) is 16.8 Å². The minimum Gasteiger partial charge on any atom is -0.340 e. The molecule has 1 aliphatic rings. The molecule has 0 N–H and O–H groups in total. The van der Waals surface area contributed by atoms with Crippen LogP contribution in [0.25, 0.3) is 0 Å². The molecule has 0 radical (unpaired) electrons. The van der Waals surface area contributed by atoms with Gasteiger partial charge in [0.25, 0.3) is 0 Å². The van der Waals surface area contributed by atoms with E-state index in [4.69, 9.17) is 0 Å². The highest BCUT2D eigenvalue weighted by Crippen LogP contribution is 2.20. The summed E-state index contributed by atoms with van der Waals surface area (Å²) < 4.78 is 0. The molecule has 5 nitrogen and oxygen atoms in total. The van der Waals surface area contributed by atoms with Crippen LogP contribution in [0, 0.1) is 6.92 Å². The second-order valence-electron chi connectivity index (χ2n) is 6.43. The van der Waals surface area contributed by atoms with Gasteiger partial charge in [-0.25, -0.2) is 4.79 Å². The first-order valence-electron chi connectivity index (χ1n) is 8.45. The largest absolute Gasteiger partial charge is 0.340 e. The first kappa shape index (κ1) is 17.0. The second kappa shape index (κ2) is 7.38. The third-order valence-corrected chi connectivity index (χ3v) is 4.46. The molecule has 25 heavy (non-hydrogen) atoms. The van der Waals surface area contributed by atoms with Crippen molar-refractivity contribution < 1.29 is 9.59 Å². The number of urea groups is 1. The van der Waals surface area contributed by atoms with Crippen LogP contribution in [0.4, 0.5) is 10.5 Å². The van der Waals surface area contributed by atoms with Crippen molar-refractivity contribution in [3.63, 3.8) is 0 Å². The van der Waals surface area contributed by atoms with Crippen molar-refractivity contribution in [3.8, 4) is 0 Å². The Hall–Kier alpha value is -2.82. The van der Waals surface area contributed by atoms with Crippen LogP contribution < -0.4 is 4.90 Å². The molecule has 0 aromatic heterocycles. The molecule has 0 bridgehead atoms. The van der Waals surface area contributed by atoms with E-state index < -0.39 is 0 Å². The fourth-order valence-electron chi connectivity index (χ4n) is 2.92. The smallest absolute Gasteiger partial charge is 0.325 e. The van der Waals surface area contributed by atoms with Crippen molar-refractivity contribution >= 4 is 17.6 Å². The number of carbonyl (C=O) groups excluding carboxylic acids is 2. The van der Waals surface area contributed by atoms with Crippen LogP contribution in [0.3, 0.4) is 0 Å². The van der Waals surface area contributed by atoms with E-state index in [1.54, 1.807) is 21.7 Å². The molecule has 0 unspecified atom stereocenters. The van der Waals surface area contributed by atoms with Crippen LogP contribution in [-0.2, 0) is 11.3 Å². The maximum Gasteiger partial charge on any atom is 0.325 e. The molecule has 2 aromatic carbocycles. The molecule has 1 aliphatic heterocycles. The number of hydrogen-bond donors (Lipinski definition) is 0. The normalized spacial score (nSPS) is 14.1. The number of carbonyl (C=O) groups is 2. The molecule has 0 aliphatic carbocycles.